The number of morpholine rings is 1. The molecule has 1 aliphatic rings. The van der Waals surface area contributed by atoms with Crippen molar-refractivity contribution in [2.45, 2.75) is 19.9 Å². The van der Waals surface area contributed by atoms with Crippen LogP contribution in [0.1, 0.15) is 24.2 Å². The number of ether oxygens (including phenoxy) is 1. The molecule has 134 valence electrons. The topological polar surface area (TPSA) is 74.4 Å². The third kappa shape index (κ3) is 4.08. The first kappa shape index (κ1) is 17.6. The number of aromatic amines is 1. The maximum atomic E-state index is 12.7. The lowest BCUT2D eigenvalue weighted by Gasteiger charge is -2.36. The van der Waals surface area contributed by atoms with Crippen molar-refractivity contribution in [3.05, 3.63) is 46.2 Å². The second-order valence-corrected chi connectivity index (χ2v) is 6.76. The zero-order chi connectivity index (χ0) is 17.8. The molecule has 6 heteroatoms. The zero-order valence-corrected chi connectivity index (χ0v) is 14.7. The van der Waals surface area contributed by atoms with Crippen LogP contribution in [0.15, 0.2) is 35.1 Å². The van der Waals surface area contributed by atoms with Gasteiger partial charge in [-0.3, -0.25) is 14.5 Å². The van der Waals surface area contributed by atoms with Crippen molar-refractivity contribution in [3.8, 4) is 0 Å². The molecule has 0 bridgehead atoms. The molecule has 1 aromatic carbocycles. The minimum absolute atomic E-state index is 0.207. The van der Waals surface area contributed by atoms with Crippen LogP contribution in [-0.4, -0.2) is 54.7 Å². The van der Waals surface area contributed by atoms with Crippen LogP contribution in [0.25, 0.3) is 10.9 Å². The number of H-pyrrole nitrogens is 1. The summed E-state index contributed by atoms with van der Waals surface area (Å²) in [7, 11) is 0. The number of nitrogens with one attached hydrogen (secondary N) is 2. The van der Waals surface area contributed by atoms with Crippen molar-refractivity contribution in [2.24, 2.45) is 5.92 Å². The molecular weight excluding hydrogens is 318 g/mol. The number of nitrogens with zero attached hydrogens (tertiary/aromatic N) is 1. The Bertz CT molecular complexity index is 794. The standard InChI is InChI=1S/C19H25N3O3/c1-13(2)17(22-7-9-25-10-8-22)12-20-19(24)15-11-18(23)21-16-6-4-3-5-14(15)16/h3-6,11,13,17H,7-10,12H2,1-2H3,(H,20,24)(H,21,23). The number of hydrogen-bond donors (Lipinski definition) is 2. The fourth-order valence-electron chi connectivity index (χ4n) is 3.38. The van der Waals surface area contributed by atoms with Crippen LogP contribution in [0.4, 0.5) is 0 Å². The van der Waals surface area contributed by atoms with E-state index in [2.05, 4.69) is 29.0 Å². The molecule has 25 heavy (non-hydrogen) atoms. The normalized spacial score (nSPS) is 16.9. The van der Waals surface area contributed by atoms with E-state index in [1.165, 1.54) is 6.07 Å². The molecule has 1 amide bonds. The van der Waals surface area contributed by atoms with Crippen LogP contribution in [0.2, 0.25) is 0 Å². The largest absolute Gasteiger partial charge is 0.379 e. The Kier molecular flexibility index (Phi) is 5.50. The van der Waals surface area contributed by atoms with E-state index in [1.54, 1.807) is 6.07 Å². The summed E-state index contributed by atoms with van der Waals surface area (Å²) in [6.45, 7) is 8.10. The highest BCUT2D eigenvalue weighted by Crippen LogP contribution is 2.16. The maximum absolute atomic E-state index is 12.7. The number of benzene rings is 1. The number of pyridine rings is 1. The highest BCUT2D eigenvalue weighted by molar-refractivity contribution is 6.05. The fraction of sp³-hybridized carbons (Fsp3) is 0.474. The number of para-hydroxylation sites is 1. The molecule has 0 aliphatic carbocycles. The lowest BCUT2D eigenvalue weighted by molar-refractivity contribution is 0.00673. The second-order valence-electron chi connectivity index (χ2n) is 6.76. The molecule has 0 saturated carbocycles. The Morgan fingerprint density at radius 3 is 2.72 bits per heavy atom. The van der Waals surface area contributed by atoms with Gasteiger partial charge in [-0.05, 0) is 12.0 Å². The van der Waals surface area contributed by atoms with Crippen molar-refractivity contribution >= 4 is 16.8 Å². The van der Waals surface area contributed by atoms with Gasteiger partial charge in [0.15, 0.2) is 0 Å². The van der Waals surface area contributed by atoms with Gasteiger partial charge in [0.2, 0.25) is 5.56 Å². The number of carbonyl (C=O) groups is 1. The van der Waals surface area contributed by atoms with Gasteiger partial charge in [0.05, 0.1) is 18.8 Å². The summed E-state index contributed by atoms with van der Waals surface area (Å²) in [6, 6.07) is 8.98. The van der Waals surface area contributed by atoms with E-state index in [0.29, 0.717) is 23.5 Å². The van der Waals surface area contributed by atoms with Gasteiger partial charge >= 0.3 is 0 Å². The third-order valence-corrected chi connectivity index (χ3v) is 4.75. The molecule has 1 atom stereocenters. The van der Waals surface area contributed by atoms with Gasteiger partial charge in [-0.2, -0.15) is 0 Å². The Morgan fingerprint density at radius 2 is 2.00 bits per heavy atom. The second kappa shape index (κ2) is 7.80. The van der Waals surface area contributed by atoms with Gasteiger partial charge in [0.1, 0.15) is 0 Å². The van der Waals surface area contributed by atoms with Gasteiger partial charge in [0.25, 0.3) is 5.91 Å². The predicted octanol–water partition coefficient (Wildman–Crippen LogP) is 1.61. The van der Waals surface area contributed by atoms with Crippen LogP contribution in [0, 0.1) is 5.92 Å². The minimum atomic E-state index is -0.266. The first-order valence-corrected chi connectivity index (χ1v) is 8.78. The first-order valence-electron chi connectivity index (χ1n) is 8.78. The monoisotopic (exact) mass is 343 g/mol. The van der Waals surface area contributed by atoms with Crippen LogP contribution in [0.5, 0.6) is 0 Å². The fourth-order valence-corrected chi connectivity index (χ4v) is 3.38. The summed E-state index contributed by atoms with van der Waals surface area (Å²) in [5, 5.41) is 3.78. The highest BCUT2D eigenvalue weighted by atomic mass is 16.5. The average Bonchev–Trinajstić information content (AvgIpc) is 2.61. The summed E-state index contributed by atoms with van der Waals surface area (Å²) in [5.41, 5.74) is 0.829. The van der Waals surface area contributed by atoms with Crippen LogP contribution in [-0.2, 0) is 4.74 Å². The summed E-state index contributed by atoms with van der Waals surface area (Å²) in [4.78, 5) is 29.7. The SMILES string of the molecule is CC(C)C(CNC(=O)c1cc(=O)[nH]c2ccccc12)N1CCOCC1. The molecule has 2 aromatic rings. The maximum Gasteiger partial charge on any atom is 0.252 e. The van der Waals surface area contributed by atoms with Crippen LogP contribution < -0.4 is 10.9 Å². The molecular formula is C19H25N3O3. The molecule has 1 aliphatic heterocycles. The Balaban J connectivity index is 1.76. The van der Waals surface area contributed by atoms with Crippen LogP contribution >= 0.6 is 0 Å². The average molecular weight is 343 g/mol. The summed E-state index contributed by atoms with van der Waals surface area (Å²) < 4.78 is 5.42. The van der Waals surface area contributed by atoms with Gasteiger partial charge in [-0.15, -0.1) is 0 Å². The third-order valence-electron chi connectivity index (χ3n) is 4.75. The predicted molar refractivity (Wildman–Crippen MR) is 97.9 cm³/mol. The molecule has 6 nitrogen and oxygen atoms in total. The molecule has 3 rings (SSSR count). The zero-order valence-electron chi connectivity index (χ0n) is 14.7. The Labute approximate surface area is 147 Å². The minimum Gasteiger partial charge on any atom is -0.379 e. The van der Waals surface area contributed by atoms with Crippen LogP contribution in [0.3, 0.4) is 0 Å². The quantitative estimate of drug-likeness (QED) is 0.865. The number of fused-ring (bicyclic) bond motifs is 1. The first-order chi connectivity index (χ1) is 12.1. The van der Waals surface area contributed by atoms with E-state index in [1.807, 2.05) is 18.2 Å². The highest BCUT2D eigenvalue weighted by Gasteiger charge is 2.24. The Hall–Kier alpha value is -2.18. The van der Waals surface area contributed by atoms with Crippen molar-refractivity contribution in [1.82, 2.24) is 15.2 Å². The number of aromatic nitrogens is 1. The smallest absolute Gasteiger partial charge is 0.252 e. The molecule has 0 spiro atoms. The summed E-state index contributed by atoms with van der Waals surface area (Å²) >= 11 is 0. The van der Waals surface area contributed by atoms with E-state index in [0.717, 1.165) is 31.7 Å². The van der Waals surface area contributed by atoms with Crippen molar-refractivity contribution in [3.63, 3.8) is 0 Å². The lowest BCUT2D eigenvalue weighted by atomic mass is 10.0. The molecule has 1 unspecified atom stereocenters. The number of hydrogen-bond acceptors (Lipinski definition) is 4. The van der Waals surface area contributed by atoms with Gasteiger partial charge < -0.3 is 15.0 Å². The summed E-state index contributed by atoms with van der Waals surface area (Å²) in [5.74, 6) is 0.204. The summed E-state index contributed by atoms with van der Waals surface area (Å²) in [6.07, 6.45) is 0. The Morgan fingerprint density at radius 1 is 1.28 bits per heavy atom. The number of amides is 1. The lowest BCUT2D eigenvalue weighted by Crippen LogP contribution is -2.51. The van der Waals surface area contributed by atoms with E-state index < -0.39 is 0 Å². The van der Waals surface area contributed by atoms with Crippen molar-refractivity contribution < 1.29 is 9.53 Å². The molecule has 0 radical (unpaired) electrons. The molecule has 1 saturated heterocycles. The molecule has 2 heterocycles. The van der Waals surface area contributed by atoms with Gasteiger partial charge in [0, 0.05) is 42.6 Å². The van der Waals surface area contributed by atoms with Crippen molar-refractivity contribution in [2.75, 3.05) is 32.8 Å². The van der Waals surface area contributed by atoms with Gasteiger partial charge in [-0.1, -0.05) is 32.0 Å². The number of rotatable bonds is 5. The van der Waals surface area contributed by atoms with E-state index in [4.69, 9.17) is 4.74 Å². The number of carbonyl (C=O) groups excluding carboxylic acids is 1. The molecule has 2 N–H and O–H groups in total. The molecule has 1 aromatic heterocycles. The van der Waals surface area contributed by atoms with E-state index >= 15 is 0 Å². The van der Waals surface area contributed by atoms with Gasteiger partial charge in [-0.25, -0.2) is 0 Å². The molecule has 1 fully saturated rings. The van der Waals surface area contributed by atoms with Crippen molar-refractivity contribution in [1.29, 1.82) is 0 Å². The van der Waals surface area contributed by atoms with E-state index in [9.17, 15) is 9.59 Å². The van der Waals surface area contributed by atoms with E-state index in [-0.39, 0.29) is 17.5 Å².